The molecule has 7 nitrogen and oxygen atoms in total. The van der Waals surface area contributed by atoms with Gasteiger partial charge in [0.25, 0.3) is 5.91 Å². The number of nitrogens with zero attached hydrogens (tertiary/aromatic N) is 3. The van der Waals surface area contributed by atoms with Gasteiger partial charge in [-0.25, -0.2) is 0 Å². The van der Waals surface area contributed by atoms with E-state index in [1.165, 1.54) is 5.56 Å². The third kappa shape index (κ3) is 3.87. The molecule has 1 N–H and O–H groups in total. The number of hydrogen-bond donors (Lipinski definition) is 1. The van der Waals surface area contributed by atoms with Crippen molar-refractivity contribution in [3.8, 4) is 11.5 Å². The van der Waals surface area contributed by atoms with Crippen LogP contribution in [0.5, 0.6) is 11.5 Å². The Bertz CT molecular complexity index is 912. The number of aliphatic hydroxyl groups excluding tert-OH is 1. The van der Waals surface area contributed by atoms with Crippen LogP contribution in [0.1, 0.15) is 35.2 Å². The lowest BCUT2D eigenvalue weighted by Crippen LogP contribution is -2.55. The van der Waals surface area contributed by atoms with Gasteiger partial charge in [0.2, 0.25) is 6.79 Å². The molecule has 1 spiro atoms. The summed E-state index contributed by atoms with van der Waals surface area (Å²) in [5, 5.41) is 10.5. The van der Waals surface area contributed by atoms with Gasteiger partial charge in [-0.15, -0.1) is 0 Å². The smallest absolute Gasteiger partial charge is 0.255 e. The minimum absolute atomic E-state index is 0.0130. The highest BCUT2D eigenvalue weighted by atomic mass is 16.7. The predicted molar refractivity (Wildman–Crippen MR) is 110 cm³/mol. The van der Waals surface area contributed by atoms with Crippen LogP contribution >= 0.6 is 0 Å². The first-order valence-corrected chi connectivity index (χ1v) is 10.6. The Hall–Kier alpha value is -2.64. The van der Waals surface area contributed by atoms with E-state index in [0.717, 1.165) is 50.4 Å². The summed E-state index contributed by atoms with van der Waals surface area (Å²) in [5.74, 6) is 1.59. The molecule has 2 fully saturated rings. The molecule has 7 heteroatoms. The van der Waals surface area contributed by atoms with E-state index in [2.05, 4.69) is 22.0 Å². The standard InChI is InChI=1S/C23H27N3O4/c27-19-11-23(15-26(14-19)22(28)18-2-1-7-24-12-18)5-8-25(9-6-23)13-17-3-4-20-21(10-17)30-16-29-20/h1-4,7,10,12,19,27H,5-6,8-9,11,13-16H2. The Morgan fingerprint density at radius 1 is 1.20 bits per heavy atom. The quantitative estimate of drug-likeness (QED) is 0.839. The first-order valence-electron chi connectivity index (χ1n) is 10.6. The summed E-state index contributed by atoms with van der Waals surface area (Å²) in [4.78, 5) is 21.2. The van der Waals surface area contributed by atoms with E-state index in [0.29, 0.717) is 25.4 Å². The zero-order valence-corrected chi connectivity index (χ0v) is 17.0. The van der Waals surface area contributed by atoms with Crippen LogP contribution in [0.3, 0.4) is 0 Å². The minimum Gasteiger partial charge on any atom is -0.454 e. The average Bonchev–Trinajstić information content (AvgIpc) is 3.23. The van der Waals surface area contributed by atoms with Gasteiger partial charge in [-0.2, -0.15) is 0 Å². The van der Waals surface area contributed by atoms with Crippen LogP contribution in [-0.4, -0.2) is 64.9 Å². The molecule has 0 radical (unpaired) electrons. The van der Waals surface area contributed by atoms with Gasteiger partial charge in [-0.1, -0.05) is 6.07 Å². The van der Waals surface area contributed by atoms with E-state index in [1.807, 2.05) is 11.0 Å². The number of aliphatic hydroxyl groups is 1. The van der Waals surface area contributed by atoms with Crippen LogP contribution in [0.4, 0.5) is 0 Å². The monoisotopic (exact) mass is 409 g/mol. The fourth-order valence-electron chi connectivity index (χ4n) is 5.02. The molecule has 2 aromatic rings. The largest absolute Gasteiger partial charge is 0.454 e. The Balaban J connectivity index is 1.22. The molecule has 4 heterocycles. The van der Waals surface area contributed by atoms with Crippen LogP contribution in [-0.2, 0) is 6.54 Å². The van der Waals surface area contributed by atoms with Gasteiger partial charge in [0.15, 0.2) is 11.5 Å². The number of ether oxygens (including phenoxy) is 2. The van der Waals surface area contributed by atoms with Crippen molar-refractivity contribution < 1.29 is 19.4 Å². The Kier molecular flexibility index (Phi) is 5.08. The minimum atomic E-state index is -0.472. The number of carbonyl (C=O) groups excluding carboxylic acids is 1. The molecular formula is C23H27N3O4. The molecule has 3 aliphatic rings. The Morgan fingerprint density at radius 2 is 2.03 bits per heavy atom. The van der Waals surface area contributed by atoms with Crippen molar-refractivity contribution in [3.05, 3.63) is 53.9 Å². The molecule has 3 aliphatic heterocycles. The van der Waals surface area contributed by atoms with Crippen LogP contribution in [0.15, 0.2) is 42.7 Å². The first-order chi connectivity index (χ1) is 14.6. The molecule has 2 saturated heterocycles. The lowest BCUT2D eigenvalue weighted by atomic mass is 9.71. The second kappa shape index (κ2) is 7.89. The third-order valence-corrected chi connectivity index (χ3v) is 6.58. The summed E-state index contributed by atoms with van der Waals surface area (Å²) < 4.78 is 10.9. The maximum Gasteiger partial charge on any atom is 0.255 e. The fourth-order valence-corrected chi connectivity index (χ4v) is 5.02. The van der Waals surface area contributed by atoms with Crippen molar-refractivity contribution in [1.82, 2.24) is 14.8 Å². The number of likely N-dealkylation sites (tertiary alicyclic amines) is 2. The summed E-state index contributed by atoms with van der Waals surface area (Å²) in [6, 6.07) is 9.69. The van der Waals surface area contributed by atoms with Crippen molar-refractivity contribution >= 4 is 5.91 Å². The first kappa shape index (κ1) is 19.3. The maximum atomic E-state index is 12.9. The molecule has 0 aliphatic carbocycles. The van der Waals surface area contributed by atoms with Crippen LogP contribution in [0.25, 0.3) is 0 Å². The van der Waals surface area contributed by atoms with E-state index in [-0.39, 0.29) is 11.3 Å². The van der Waals surface area contributed by atoms with Crippen LogP contribution in [0.2, 0.25) is 0 Å². The number of benzene rings is 1. The number of amides is 1. The Morgan fingerprint density at radius 3 is 2.83 bits per heavy atom. The van der Waals surface area contributed by atoms with E-state index in [9.17, 15) is 9.90 Å². The van der Waals surface area contributed by atoms with E-state index in [4.69, 9.17) is 9.47 Å². The van der Waals surface area contributed by atoms with Gasteiger partial charge in [0.1, 0.15) is 0 Å². The second-order valence-corrected chi connectivity index (χ2v) is 8.75. The molecule has 1 aromatic carbocycles. The maximum absolute atomic E-state index is 12.9. The predicted octanol–water partition coefficient (Wildman–Crippen LogP) is 2.30. The number of pyridine rings is 1. The van der Waals surface area contributed by atoms with Crippen molar-refractivity contribution in [2.75, 3.05) is 33.0 Å². The van der Waals surface area contributed by atoms with Crippen molar-refractivity contribution in [1.29, 1.82) is 0 Å². The van der Waals surface area contributed by atoms with E-state index >= 15 is 0 Å². The lowest BCUT2D eigenvalue weighted by molar-refractivity contribution is -0.0337. The van der Waals surface area contributed by atoms with Gasteiger partial charge >= 0.3 is 0 Å². The lowest BCUT2D eigenvalue weighted by Gasteiger charge is -2.49. The number of fused-ring (bicyclic) bond motifs is 1. The molecule has 1 amide bonds. The summed E-state index contributed by atoms with van der Waals surface area (Å²) in [6.07, 6.45) is 5.52. The molecule has 1 unspecified atom stereocenters. The number of carbonyl (C=O) groups is 1. The second-order valence-electron chi connectivity index (χ2n) is 8.75. The zero-order chi connectivity index (χ0) is 20.6. The number of aromatic nitrogens is 1. The van der Waals surface area contributed by atoms with E-state index in [1.54, 1.807) is 24.5 Å². The number of piperidine rings is 2. The van der Waals surface area contributed by atoms with Crippen LogP contribution in [0, 0.1) is 5.41 Å². The fraction of sp³-hybridized carbons (Fsp3) is 0.478. The van der Waals surface area contributed by atoms with Gasteiger partial charge < -0.3 is 19.5 Å². The van der Waals surface area contributed by atoms with Gasteiger partial charge in [-0.05, 0) is 67.6 Å². The molecule has 0 saturated carbocycles. The number of rotatable bonds is 3. The zero-order valence-electron chi connectivity index (χ0n) is 17.0. The van der Waals surface area contributed by atoms with Crippen LogP contribution < -0.4 is 9.47 Å². The topological polar surface area (TPSA) is 75.1 Å². The molecule has 1 atom stereocenters. The highest BCUT2D eigenvalue weighted by Gasteiger charge is 2.43. The molecule has 0 bridgehead atoms. The Labute approximate surface area is 176 Å². The summed E-state index contributed by atoms with van der Waals surface area (Å²) >= 11 is 0. The molecule has 158 valence electrons. The number of β-amino-alcohol motifs (C(OH)–C–C–N with tert-alkyl or cyclic N) is 1. The van der Waals surface area contributed by atoms with Crippen molar-refractivity contribution in [2.45, 2.75) is 31.9 Å². The summed E-state index contributed by atoms with van der Waals surface area (Å²) in [7, 11) is 0. The number of hydrogen-bond acceptors (Lipinski definition) is 6. The summed E-state index contributed by atoms with van der Waals surface area (Å²) in [5.41, 5.74) is 1.79. The highest BCUT2D eigenvalue weighted by Crippen LogP contribution is 2.41. The average molecular weight is 409 g/mol. The van der Waals surface area contributed by atoms with Gasteiger partial charge in [0.05, 0.1) is 11.7 Å². The SMILES string of the molecule is O=C(c1cccnc1)N1CC(O)CC2(CCN(Cc3ccc4c(c3)OCO4)CC2)C1. The molecule has 1 aromatic heterocycles. The molecule has 30 heavy (non-hydrogen) atoms. The highest BCUT2D eigenvalue weighted by molar-refractivity contribution is 5.94. The van der Waals surface area contributed by atoms with Gasteiger partial charge in [-0.3, -0.25) is 14.7 Å². The van der Waals surface area contributed by atoms with E-state index < -0.39 is 6.10 Å². The summed E-state index contributed by atoms with van der Waals surface area (Å²) in [6.45, 7) is 4.17. The normalized spacial score (nSPS) is 23.0. The third-order valence-electron chi connectivity index (χ3n) is 6.58. The van der Waals surface area contributed by atoms with Crippen molar-refractivity contribution in [3.63, 3.8) is 0 Å². The van der Waals surface area contributed by atoms with Crippen molar-refractivity contribution in [2.24, 2.45) is 5.41 Å². The van der Waals surface area contributed by atoms with Gasteiger partial charge in [0, 0.05) is 32.0 Å². The molecular weight excluding hydrogens is 382 g/mol. The molecule has 5 rings (SSSR count).